The van der Waals surface area contributed by atoms with Crippen LogP contribution in [0, 0.1) is 0 Å². The Balaban J connectivity index is 1.97. The molecule has 0 saturated carbocycles. The van der Waals surface area contributed by atoms with Crippen molar-refractivity contribution in [2.24, 2.45) is 0 Å². The van der Waals surface area contributed by atoms with Crippen LogP contribution in [0.3, 0.4) is 0 Å². The third kappa shape index (κ3) is 5.31. The molecule has 1 aromatic rings. The van der Waals surface area contributed by atoms with Gasteiger partial charge in [-0.2, -0.15) is 0 Å². The minimum Gasteiger partial charge on any atom is -0.466 e. The molecule has 2 rings (SSSR count). The van der Waals surface area contributed by atoms with E-state index in [2.05, 4.69) is 0 Å². The molecule has 25 heavy (non-hydrogen) atoms. The number of allylic oxidation sites excluding steroid dienone is 4. The molecule has 0 heterocycles. The van der Waals surface area contributed by atoms with Crippen molar-refractivity contribution in [1.29, 1.82) is 0 Å². The maximum Gasteiger partial charge on any atom is 0.313 e. The van der Waals surface area contributed by atoms with Crippen molar-refractivity contribution in [2.45, 2.75) is 38.3 Å². The van der Waals surface area contributed by atoms with Gasteiger partial charge >= 0.3 is 5.97 Å². The van der Waals surface area contributed by atoms with Gasteiger partial charge in [0.1, 0.15) is 12.1 Å². The molecule has 0 radical (unpaired) electrons. The number of carbonyl (C=O) groups is 2. The zero-order valence-electron chi connectivity index (χ0n) is 13.8. The summed E-state index contributed by atoms with van der Waals surface area (Å²) < 4.78 is 44.6. The van der Waals surface area contributed by atoms with Gasteiger partial charge in [0.15, 0.2) is 5.78 Å². The molecule has 0 amide bonds. The fraction of sp³-hybridized carbons (Fsp3) is 0.368. The van der Waals surface area contributed by atoms with Crippen LogP contribution in [0.4, 0.5) is 13.2 Å². The summed E-state index contributed by atoms with van der Waals surface area (Å²) in [6.45, 7) is 1.84. The lowest BCUT2D eigenvalue weighted by Gasteiger charge is -2.24. The van der Waals surface area contributed by atoms with Crippen LogP contribution < -0.4 is 0 Å². The highest BCUT2D eigenvalue weighted by molar-refractivity contribution is 6.07. The van der Waals surface area contributed by atoms with E-state index in [-0.39, 0.29) is 37.0 Å². The molecule has 1 unspecified atom stereocenters. The Morgan fingerprint density at radius 1 is 1.24 bits per heavy atom. The van der Waals surface area contributed by atoms with E-state index in [0.29, 0.717) is 5.56 Å². The van der Waals surface area contributed by atoms with Crippen LogP contribution in [0.15, 0.2) is 48.1 Å². The molecule has 0 spiro atoms. The Kier molecular flexibility index (Phi) is 6.17. The summed E-state index contributed by atoms with van der Waals surface area (Å²) in [7, 11) is 0. The maximum absolute atomic E-state index is 14.9. The second kappa shape index (κ2) is 8.14. The van der Waals surface area contributed by atoms with Crippen molar-refractivity contribution >= 4 is 11.8 Å². The number of esters is 1. The van der Waals surface area contributed by atoms with Gasteiger partial charge in [-0.05, 0) is 18.6 Å². The normalized spacial score (nSPS) is 19.6. The molecule has 0 N–H and O–H groups in total. The lowest BCUT2D eigenvalue weighted by atomic mass is 9.86. The minimum absolute atomic E-state index is 0.0167. The van der Waals surface area contributed by atoms with E-state index in [1.165, 1.54) is 42.5 Å². The number of rotatable bonds is 7. The van der Waals surface area contributed by atoms with Gasteiger partial charge in [0.05, 0.1) is 6.61 Å². The largest absolute Gasteiger partial charge is 0.466 e. The summed E-state index contributed by atoms with van der Waals surface area (Å²) in [6, 6.07) is 5.50. The van der Waals surface area contributed by atoms with Crippen LogP contribution in [0.5, 0.6) is 0 Å². The molecule has 0 aromatic heterocycles. The molecule has 0 bridgehead atoms. The monoisotopic (exact) mass is 352 g/mol. The summed E-state index contributed by atoms with van der Waals surface area (Å²) in [6.07, 6.45) is 1.16. The first-order valence-electron chi connectivity index (χ1n) is 7.97. The molecule has 1 aliphatic carbocycles. The topological polar surface area (TPSA) is 43.4 Å². The number of benzene rings is 1. The number of ether oxygens (including phenoxy) is 1. The highest BCUT2D eigenvalue weighted by atomic mass is 19.3. The van der Waals surface area contributed by atoms with E-state index in [0.717, 1.165) is 0 Å². The number of carbonyl (C=O) groups excluding carboxylic acids is 2. The van der Waals surface area contributed by atoms with Crippen LogP contribution in [0.1, 0.15) is 37.3 Å². The fourth-order valence-corrected chi connectivity index (χ4v) is 2.56. The summed E-state index contributed by atoms with van der Waals surface area (Å²) in [5.74, 6) is -1.03. The zero-order valence-corrected chi connectivity index (χ0v) is 13.8. The van der Waals surface area contributed by atoms with E-state index in [4.69, 9.17) is 4.74 Å². The molecule has 6 heteroatoms. The van der Waals surface area contributed by atoms with Gasteiger partial charge in [-0.15, -0.1) is 0 Å². The van der Waals surface area contributed by atoms with Crippen LogP contribution in [0.25, 0.3) is 0 Å². The summed E-state index contributed by atoms with van der Waals surface area (Å²) in [5.41, 5.74) is -0.941. The van der Waals surface area contributed by atoms with E-state index in [1.54, 1.807) is 6.92 Å². The molecular weight excluding hydrogens is 333 g/mol. The standard InChI is InChI=1S/C19H19F3O3/c1-2-25-17(24)11-16(23)14-7-9-19(22,10-8-14)12-13-3-5-15(6-4-13)18(20)21/h3-9,18H,2,10-12H2,1H3. The molecule has 0 aliphatic heterocycles. The predicted octanol–water partition coefficient (Wildman–Crippen LogP) is 4.28. The molecule has 3 nitrogen and oxygen atoms in total. The van der Waals surface area contributed by atoms with Crippen molar-refractivity contribution in [2.75, 3.05) is 6.61 Å². The average molecular weight is 352 g/mol. The van der Waals surface area contributed by atoms with Crippen molar-refractivity contribution in [1.82, 2.24) is 0 Å². The summed E-state index contributed by atoms with van der Waals surface area (Å²) >= 11 is 0. The van der Waals surface area contributed by atoms with Crippen molar-refractivity contribution in [3.05, 3.63) is 59.2 Å². The van der Waals surface area contributed by atoms with Gasteiger partial charge < -0.3 is 4.74 Å². The van der Waals surface area contributed by atoms with Gasteiger partial charge in [-0.25, -0.2) is 13.2 Å². The van der Waals surface area contributed by atoms with Crippen LogP contribution in [0.2, 0.25) is 0 Å². The quantitative estimate of drug-likeness (QED) is 0.543. The maximum atomic E-state index is 14.9. The first kappa shape index (κ1) is 19.0. The third-order valence-electron chi connectivity index (χ3n) is 3.88. The first-order chi connectivity index (χ1) is 11.8. The van der Waals surface area contributed by atoms with Crippen molar-refractivity contribution in [3.63, 3.8) is 0 Å². The second-order valence-electron chi connectivity index (χ2n) is 5.86. The number of hydrogen-bond acceptors (Lipinski definition) is 3. The molecule has 0 saturated heterocycles. The lowest BCUT2D eigenvalue weighted by molar-refractivity contribution is -0.144. The molecule has 134 valence electrons. The van der Waals surface area contributed by atoms with Crippen LogP contribution in [-0.2, 0) is 20.7 Å². The second-order valence-corrected chi connectivity index (χ2v) is 5.86. The predicted molar refractivity (Wildman–Crippen MR) is 87.0 cm³/mol. The van der Waals surface area contributed by atoms with Gasteiger partial charge in [-0.1, -0.05) is 36.4 Å². The Labute approximate surface area is 144 Å². The van der Waals surface area contributed by atoms with Crippen LogP contribution in [-0.4, -0.2) is 24.0 Å². The molecule has 1 aromatic carbocycles. The number of alkyl halides is 3. The Bertz CT molecular complexity index is 692. The van der Waals surface area contributed by atoms with Crippen LogP contribution >= 0.6 is 0 Å². The van der Waals surface area contributed by atoms with Gasteiger partial charge in [0, 0.05) is 24.0 Å². The summed E-state index contributed by atoms with van der Waals surface area (Å²) in [4.78, 5) is 23.3. The molecular formula is C19H19F3O3. The number of ketones is 1. The molecule has 1 aliphatic rings. The zero-order chi connectivity index (χ0) is 18.4. The number of Topliss-reactive ketones (excluding diaryl/α,β-unsaturated/α-hetero) is 1. The fourth-order valence-electron chi connectivity index (χ4n) is 2.56. The summed E-state index contributed by atoms with van der Waals surface area (Å²) in [5, 5.41) is 0. The minimum atomic E-state index is -2.56. The Morgan fingerprint density at radius 2 is 1.92 bits per heavy atom. The van der Waals surface area contributed by atoms with E-state index < -0.39 is 23.8 Å². The smallest absolute Gasteiger partial charge is 0.313 e. The van der Waals surface area contributed by atoms with E-state index in [9.17, 15) is 22.8 Å². The van der Waals surface area contributed by atoms with Gasteiger partial charge in [0.2, 0.25) is 0 Å². The van der Waals surface area contributed by atoms with E-state index in [1.807, 2.05) is 0 Å². The SMILES string of the molecule is CCOC(=O)CC(=O)C1=CCC(F)(Cc2ccc(C(F)F)cc2)C=C1. The average Bonchev–Trinajstić information content (AvgIpc) is 2.55. The number of hydrogen-bond donors (Lipinski definition) is 0. The number of halogens is 3. The Hall–Kier alpha value is -2.37. The Morgan fingerprint density at radius 3 is 2.44 bits per heavy atom. The van der Waals surface area contributed by atoms with Gasteiger partial charge in [-0.3, -0.25) is 9.59 Å². The highest BCUT2D eigenvalue weighted by Crippen LogP contribution is 2.30. The van der Waals surface area contributed by atoms with Crippen molar-refractivity contribution < 1.29 is 27.5 Å². The molecule has 0 fully saturated rings. The third-order valence-corrected chi connectivity index (χ3v) is 3.88. The van der Waals surface area contributed by atoms with E-state index >= 15 is 0 Å². The van der Waals surface area contributed by atoms with Gasteiger partial charge in [0.25, 0.3) is 6.43 Å². The molecule has 1 atom stereocenters. The first-order valence-corrected chi connectivity index (χ1v) is 7.97. The highest BCUT2D eigenvalue weighted by Gasteiger charge is 2.29. The van der Waals surface area contributed by atoms with Crippen molar-refractivity contribution in [3.8, 4) is 0 Å². The lowest BCUT2D eigenvalue weighted by Crippen LogP contribution is -2.25.